The predicted octanol–water partition coefficient (Wildman–Crippen LogP) is 2.69. The molecule has 1 aromatic carbocycles. The van der Waals surface area contributed by atoms with Crippen LogP contribution in [0.25, 0.3) is 0 Å². The van der Waals surface area contributed by atoms with Gasteiger partial charge in [-0.25, -0.2) is 4.79 Å². The van der Waals surface area contributed by atoms with Crippen molar-refractivity contribution in [2.24, 2.45) is 0 Å². The fourth-order valence-corrected chi connectivity index (χ4v) is 1.99. The van der Waals surface area contributed by atoms with Crippen molar-refractivity contribution in [3.05, 3.63) is 41.5 Å². The summed E-state index contributed by atoms with van der Waals surface area (Å²) >= 11 is 0. The molecule has 0 aliphatic rings. The number of hydrogen-bond acceptors (Lipinski definition) is 7. The Morgan fingerprint density at radius 2 is 2.08 bits per heavy atom. The number of nitrogens with zero attached hydrogens (tertiary/aromatic N) is 2. The molecule has 1 aromatic heterocycles. The van der Waals surface area contributed by atoms with Crippen LogP contribution >= 0.6 is 0 Å². The number of benzene rings is 1. The molecule has 1 unspecified atom stereocenters. The van der Waals surface area contributed by atoms with E-state index in [2.05, 4.69) is 15.5 Å². The van der Waals surface area contributed by atoms with Crippen molar-refractivity contribution in [3.63, 3.8) is 0 Å². The number of nitrogens with one attached hydrogen (secondary N) is 1. The maximum atomic E-state index is 12.4. The van der Waals surface area contributed by atoms with Crippen LogP contribution in [0.5, 0.6) is 0 Å². The van der Waals surface area contributed by atoms with Crippen LogP contribution in [0.4, 0.5) is 5.69 Å². The third-order valence-electron chi connectivity index (χ3n) is 3.32. The molecule has 0 fully saturated rings. The van der Waals surface area contributed by atoms with Crippen LogP contribution in [0, 0.1) is 0 Å². The Kier molecular flexibility index (Phi) is 5.56. The first-order chi connectivity index (χ1) is 11.3. The molecule has 130 valence electrons. The maximum absolute atomic E-state index is 12.4. The highest BCUT2D eigenvalue weighted by atomic mass is 16.6. The lowest BCUT2D eigenvalue weighted by Crippen LogP contribution is -2.15. The van der Waals surface area contributed by atoms with Crippen LogP contribution in [-0.4, -0.2) is 34.4 Å². The van der Waals surface area contributed by atoms with Crippen LogP contribution < -0.4 is 5.32 Å². The summed E-state index contributed by atoms with van der Waals surface area (Å²) < 4.78 is 10.6. The molecule has 0 saturated carbocycles. The highest BCUT2D eigenvalue weighted by molar-refractivity contribution is 5.95. The number of aliphatic hydroxyl groups is 1. The number of ether oxygens (including phenoxy) is 1. The summed E-state index contributed by atoms with van der Waals surface area (Å²) in [4.78, 5) is 16.7. The molecular formula is C17H23N3O4. The zero-order valence-corrected chi connectivity index (χ0v) is 14.4. The third-order valence-corrected chi connectivity index (χ3v) is 3.32. The first kappa shape index (κ1) is 17.9. The van der Waals surface area contributed by atoms with Gasteiger partial charge < -0.3 is 19.7 Å². The van der Waals surface area contributed by atoms with E-state index in [4.69, 9.17) is 14.4 Å². The van der Waals surface area contributed by atoms with E-state index < -0.39 is 12.1 Å². The zero-order valence-electron chi connectivity index (χ0n) is 14.4. The minimum atomic E-state index is -0.660. The minimum absolute atomic E-state index is 0.0304. The summed E-state index contributed by atoms with van der Waals surface area (Å²) in [6, 6.07) is 6.95. The van der Waals surface area contributed by atoms with Crippen LogP contribution in [0.15, 0.2) is 28.8 Å². The number of hydrogen-bond donors (Lipinski definition) is 2. The Morgan fingerprint density at radius 1 is 1.38 bits per heavy atom. The molecule has 7 heteroatoms. The summed E-state index contributed by atoms with van der Waals surface area (Å²) in [5.74, 6) is 0.318. The average Bonchev–Trinajstić information content (AvgIpc) is 3.03. The Labute approximate surface area is 141 Å². The summed E-state index contributed by atoms with van der Waals surface area (Å²) in [5, 5.41) is 15.8. The summed E-state index contributed by atoms with van der Waals surface area (Å²) in [7, 11) is 0. The average molecular weight is 333 g/mol. The summed E-state index contributed by atoms with van der Waals surface area (Å²) in [6.07, 6.45) is -0.660. The Morgan fingerprint density at radius 3 is 2.71 bits per heavy atom. The lowest BCUT2D eigenvalue weighted by Gasteiger charge is -2.13. The maximum Gasteiger partial charge on any atom is 0.341 e. The van der Waals surface area contributed by atoms with Crippen LogP contribution in [-0.2, 0) is 10.2 Å². The van der Waals surface area contributed by atoms with Crippen molar-refractivity contribution in [1.29, 1.82) is 0 Å². The first-order valence-electron chi connectivity index (χ1n) is 7.81. The Hall–Kier alpha value is -2.41. The van der Waals surface area contributed by atoms with Crippen molar-refractivity contribution in [3.8, 4) is 0 Å². The SMILES string of the molecule is CC(OC(=O)c1ccccc1NCCO)c1nc(C(C)(C)C)no1. The van der Waals surface area contributed by atoms with Gasteiger partial charge in [-0.1, -0.05) is 38.1 Å². The molecular weight excluding hydrogens is 310 g/mol. The van der Waals surface area contributed by atoms with Crippen LogP contribution in [0.3, 0.4) is 0 Å². The molecule has 1 heterocycles. The van der Waals surface area contributed by atoms with Gasteiger partial charge in [0.2, 0.25) is 0 Å². The smallest absolute Gasteiger partial charge is 0.341 e. The first-order valence-corrected chi connectivity index (χ1v) is 7.81. The van der Waals surface area contributed by atoms with Gasteiger partial charge >= 0.3 is 5.97 Å². The normalized spacial score (nSPS) is 12.7. The molecule has 2 N–H and O–H groups in total. The van der Waals surface area contributed by atoms with Gasteiger partial charge in [-0.3, -0.25) is 0 Å². The molecule has 0 radical (unpaired) electrons. The molecule has 7 nitrogen and oxygen atoms in total. The highest BCUT2D eigenvalue weighted by Gasteiger charge is 2.25. The van der Waals surface area contributed by atoms with E-state index in [9.17, 15) is 4.79 Å². The molecule has 24 heavy (non-hydrogen) atoms. The molecule has 0 aliphatic carbocycles. The largest absolute Gasteiger partial charge is 0.449 e. The van der Waals surface area contributed by atoms with E-state index in [-0.39, 0.29) is 17.9 Å². The van der Waals surface area contributed by atoms with E-state index in [1.807, 2.05) is 20.8 Å². The Balaban J connectivity index is 2.10. The number of aromatic nitrogens is 2. The molecule has 0 spiro atoms. The van der Waals surface area contributed by atoms with Gasteiger partial charge in [0, 0.05) is 17.6 Å². The monoisotopic (exact) mass is 333 g/mol. The van der Waals surface area contributed by atoms with Gasteiger partial charge in [0.05, 0.1) is 12.2 Å². The van der Waals surface area contributed by atoms with Crippen molar-refractivity contribution < 1.29 is 19.2 Å². The molecule has 0 bridgehead atoms. The number of carbonyl (C=O) groups excluding carboxylic acids is 1. The molecule has 2 rings (SSSR count). The van der Waals surface area contributed by atoms with Crippen molar-refractivity contribution in [2.75, 3.05) is 18.5 Å². The number of anilines is 1. The number of esters is 1. The topological polar surface area (TPSA) is 97.5 Å². The van der Waals surface area contributed by atoms with Gasteiger partial charge in [-0.2, -0.15) is 4.98 Å². The quantitative estimate of drug-likeness (QED) is 0.784. The lowest BCUT2D eigenvalue weighted by molar-refractivity contribution is 0.0266. The highest BCUT2D eigenvalue weighted by Crippen LogP contribution is 2.24. The number of aliphatic hydroxyl groups excluding tert-OH is 1. The third kappa shape index (κ3) is 4.32. The second kappa shape index (κ2) is 7.44. The summed E-state index contributed by atoms with van der Waals surface area (Å²) in [6.45, 7) is 7.92. The fraction of sp³-hybridized carbons (Fsp3) is 0.471. The van der Waals surface area contributed by atoms with E-state index in [0.717, 1.165) is 0 Å². The van der Waals surface area contributed by atoms with Gasteiger partial charge in [0.15, 0.2) is 11.9 Å². The standard InChI is InChI=1S/C17H23N3O4/c1-11(14-19-16(20-24-14)17(2,3)4)23-15(22)12-7-5-6-8-13(12)18-9-10-21/h5-8,11,18,21H,9-10H2,1-4H3. The van der Waals surface area contributed by atoms with E-state index >= 15 is 0 Å². The second-order valence-corrected chi connectivity index (χ2v) is 6.45. The lowest BCUT2D eigenvalue weighted by atomic mass is 9.96. The molecule has 0 aliphatic heterocycles. The van der Waals surface area contributed by atoms with E-state index in [0.29, 0.717) is 23.6 Å². The van der Waals surface area contributed by atoms with Gasteiger partial charge in [0.1, 0.15) is 0 Å². The van der Waals surface area contributed by atoms with Crippen molar-refractivity contribution in [1.82, 2.24) is 10.1 Å². The van der Waals surface area contributed by atoms with Gasteiger partial charge in [-0.15, -0.1) is 0 Å². The number of para-hydroxylation sites is 1. The number of carbonyl (C=O) groups is 1. The molecule has 0 saturated heterocycles. The van der Waals surface area contributed by atoms with Crippen molar-refractivity contribution in [2.45, 2.75) is 39.2 Å². The minimum Gasteiger partial charge on any atom is -0.449 e. The molecule has 1 atom stereocenters. The van der Waals surface area contributed by atoms with Gasteiger partial charge in [0.25, 0.3) is 5.89 Å². The molecule has 2 aromatic rings. The summed E-state index contributed by atoms with van der Waals surface area (Å²) in [5.41, 5.74) is 0.741. The number of rotatable bonds is 6. The van der Waals surface area contributed by atoms with Crippen molar-refractivity contribution >= 4 is 11.7 Å². The molecule has 0 amide bonds. The van der Waals surface area contributed by atoms with E-state index in [1.165, 1.54) is 0 Å². The zero-order chi connectivity index (χ0) is 17.7. The second-order valence-electron chi connectivity index (χ2n) is 6.45. The fourth-order valence-electron chi connectivity index (χ4n) is 1.99. The Bertz CT molecular complexity index is 691. The van der Waals surface area contributed by atoms with Gasteiger partial charge in [-0.05, 0) is 19.1 Å². The predicted molar refractivity (Wildman–Crippen MR) is 88.8 cm³/mol. The van der Waals surface area contributed by atoms with Crippen LogP contribution in [0.1, 0.15) is 55.9 Å². The van der Waals surface area contributed by atoms with E-state index in [1.54, 1.807) is 31.2 Å². The van der Waals surface area contributed by atoms with Crippen LogP contribution in [0.2, 0.25) is 0 Å².